The Bertz CT molecular complexity index is 380. The number of amides is 1. The molecule has 86 valence electrons. The summed E-state index contributed by atoms with van der Waals surface area (Å²) in [6.07, 6.45) is 3.43. The second-order valence-electron chi connectivity index (χ2n) is 3.84. The zero-order chi connectivity index (χ0) is 11.5. The predicted octanol–water partition coefficient (Wildman–Crippen LogP) is 1.44. The first-order chi connectivity index (χ1) is 7.72. The van der Waals surface area contributed by atoms with Crippen molar-refractivity contribution in [1.29, 1.82) is 0 Å². The lowest BCUT2D eigenvalue weighted by Crippen LogP contribution is -2.38. The first-order valence-electron chi connectivity index (χ1n) is 5.26. The summed E-state index contributed by atoms with van der Waals surface area (Å²) in [4.78, 5) is 17.8. The zero-order valence-electron chi connectivity index (χ0n) is 8.77. The Morgan fingerprint density at radius 3 is 3.06 bits per heavy atom. The number of carbonyl (C=O) groups excluding carboxylic acids is 1. The molecule has 1 atom stereocenters. The van der Waals surface area contributed by atoms with Crippen molar-refractivity contribution < 1.29 is 9.90 Å². The van der Waals surface area contributed by atoms with E-state index in [4.69, 9.17) is 5.11 Å². The van der Waals surface area contributed by atoms with E-state index in [9.17, 15) is 4.79 Å². The Balaban J connectivity index is 2.15. The van der Waals surface area contributed by atoms with Crippen LogP contribution in [0, 0.1) is 0 Å². The van der Waals surface area contributed by atoms with Gasteiger partial charge in [-0.05, 0) is 40.9 Å². The minimum atomic E-state index is -0.0935. The van der Waals surface area contributed by atoms with Gasteiger partial charge < -0.3 is 10.0 Å². The van der Waals surface area contributed by atoms with Crippen LogP contribution in [-0.4, -0.2) is 40.1 Å². The van der Waals surface area contributed by atoms with Crippen LogP contribution in [0.5, 0.6) is 0 Å². The summed E-state index contributed by atoms with van der Waals surface area (Å²) in [5, 5.41) is 9.15. The average Bonchev–Trinajstić information content (AvgIpc) is 2.77. The van der Waals surface area contributed by atoms with E-state index < -0.39 is 0 Å². The van der Waals surface area contributed by atoms with Gasteiger partial charge in [-0.1, -0.05) is 0 Å². The number of hydrogen-bond acceptors (Lipinski definition) is 3. The second kappa shape index (κ2) is 4.93. The highest BCUT2D eigenvalue weighted by Crippen LogP contribution is 2.19. The Morgan fingerprint density at radius 1 is 1.62 bits per heavy atom. The molecule has 1 aliphatic rings. The van der Waals surface area contributed by atoms with E-state index in [2.05, 4.69) is 20.9 Å². The standard InChI is InChI=1S/C11H13BrN2O2/c12-8-3-4-10(13-6-8)11(16)14-5-1-2-9(14)7-15/h3-4,6,9,15H,1-2,5,7H2/t9-/m0/s1. The van der Waals surface area contributed by atoms with Gasteiger partial charge in [0.15, 0.2) is 0 Å². The van der Waals surface area contributed by atoms with Gasteiger partial charge in [0.2, 0.25) is 0 Å². The SMILES string of the molecule is O=C(c1ccc(Br)cn1)N1CCC[C@H]1CO. The Labute approximate surface area is 102 Å². The zero-order valence-corrected chi connectivity index (χ0v) is 10.4. The van der Waals surface area contributed by atoms with Crippen LogP contribution in [0.3, 0.4) is 0 Å². The van der Waals surface area contributed by atoms with Crippen molar-refractivity contribution in [2.24, 2.45) is 0 Å². The van der Waals surface area contributed by atoms with Gasteiger partial charge in [-0.15, -0.1) is 0 Å². The molecule has 1 N–H and O–H groups in total. The molecular formula is C11H13BrN2O2. The Kier molecular flexibility index (Phi) is 3.56. The molecule has 4 nitrogen and oxygen atoms in total. The first kappa shape index (κ1) is 11.5. The van der Waals surface area contributed by atoms with Gasteiger partial charge in [-0.2, -0.15) is 0 Å². The number of rotatable bonds is 2. The molecule has 0 bridgehead atoms. The first-order valence-corrected chi connectivity index (χ1v) is 6.05. The fourth-order valence-electron chi connectivity index (χ4n) is 1.94. The minimum Gasteiger partial charge on any atom is -0.394 e. The van der Waals surface area contributed by atoms with Crippen LogP contribution < -0.4 is 0 Å². The molecule has 0 unspecified atom stereocenters. The van der Waals surface area contributed by atoms with E-state index in [1.54, 1.807) is 23.2 Å². The Hall–Kier alpha value is -0.940. The molecule has 0 spiro atoms. The van der Waals surface area contributed by atoms with Crippen molar-refractivity contribution in [2.45, 2.75) is 18.9 Å². The third-order valence-corrected chi connectivity index (χ3v) is 3.26. The molecule has 16 heavy (non-hydrogen) atoms. The molecule has 1 aliphatic heterocycles. The predicted molar refractivity (Wildman–Crippen MR) is 63.1 cm³/mol. The fourth-order valence-corrected chi connectivity index (χ4v) is 2.18. The van der Waals surface area contributed by atoms with Crippen molar-refractivity contribution in [2.75, 3.05) is 13.2 Å². The number of carbonyl (C=O) groups is 1. The minimum absolute atomic E-state index is 0.0300. The van der Waals surface area contributed by atoms with Crippen molar-refractivity contribution in [3.05, 3.63) is 28.5 Å². The summed E-state index contributed by atoms with van der Waals surface area (Å²) in [7, 11) is 0. The largest absolute Gasteiger partial charge is 0.394 e. The molecule has 0 radical (unpaired) electrons. The van der Waals surface area contributed by atoms with E-state index in [0.717, 1.165) is 17.3 Å². The lowest BCUT2D eigenvalue weighted by atomic mass is 10.2. The van der Waals surface area contributed by atoms with E-state index in [1.807, 2.05) is 0 Å². The smallest absolute Gasteiger partial charge is 0.272 e. The highest BCUT2D eigenvalue weighted by atomic mass is 79.9. The van der Waals surface area contributed by atoms with Crippen LogP contribution in [0.15, 0.2) is 22.8 Å². The number of likely N-dealkylation sites (tertiary alicyclic amines) is 1. The highest BCUT2D eigenvalue weighted by Gasteiger charge is 2.29. The van der Waals surface area contributed by atoms with Gasteiger partial charge in [0.1, 0.15) is 5.69 Å². The molecule has 2 rings (SSSR count). The summed E-state index contributed by atoms with van der Waals surface area (Å²) in [6.45, 7) is 0.740. The average molecular weight is 285 g/mol. The molecule has 1 aromatic heterocycles. The maximum atomic E-state index is 12.1. The monoisotopic (exact) mass is 284 g/mol. The lowest BCUT2D eigenvalue weighted by Gasteiger charge is -2.22. The summed E-state index contributed by atoms with van der Waals surface area (Å²) in [6, 6.07) is 3.45. The fraction of sp³-hybridized carbons (Fsp3) is 0.455. The number of nitrogens with zero attached hydrogens (tertiary/aromatic N) is 2. The van der Waals surface area contributed by atoms with Crippen LogP contribution in [0.2, 0.25) is 0 Å². The van der Waals surface area contributed by atoms with Gasteiger partial charge >= 0.3 is 0 Å². The number of pyridine rings is 1. The van der Waals surface area contributed by atoms with Crippen LogP contribution in [-0.2, 0) is 0 Å². The van der Waals surface area contributed by atoms with Gasteiger partial charge in [0, 0.05) is 17.2 Å². The number of hydrogen-bond donors (Lipinski definition) is 1. The molecule has 1 fully saturated rings. The van der Waals surface area contributed by atoms with Crippen LogP contribution in [0.4, 0.5) is 0 Å². The van der Waals surface area contributed by atoms with E-state index in [-0.39, 0.29) is 18.6 Å². The van der Waals surface area contributed by atoms with Gasteiger partial charge in [-0.3, -0.25) is 4.79 Å². The third kappa shape index (κ3) is 2.25. The van der Waals surface area contributed by atoms with Gasteiger partial charge in [0.25, 0.3) is 5.91 Å². The van der Waals surface area contributed by atoms with Crippen LogP contribution >= 0.6 is 15.9 Å². The summed E-state index contributed by atoms with van der Waals surface area (Å²) in [5.41, 5.74) is 0.434. The third-order valence-electron chi connectivity index (χ3n) is 2.80. The molecule has 1 aromatic rings. The molecule has 0 aromatic carbocycles. The Morgan fingerprint density at radius 2 is 2.44 bits per heavy atom. The maximum Gasteiger partial charge on any atom is 0.272 e. The summed E-state index contributed by atoms with van der Waals surface area (Å²) in [5.74, 6) is -0.0935. The molecule has 1 amide bonds. The molecular weight excluding hydrogens is 272 g/mol. The quantitative estimate of drug-likeness (QED) is 0.894. The van der Waals surface area contributed by atoms with Gasteiger partial charge in [-0.25, -0.2) is 4.98 Å². The van der Waals surface area contributed by atoms with Crippen molar-refractivity contribution in [3.63, 3.8) is 0 Å². The van der Waals surface area contributed by atoms with Crippen molar-refractivity contribution in [1.82, 2.24) is 9.88 Å². The maximum absolute atomic E-state index is 12.1. The van der Waals surface area contributed by atoms with E-state index >= 15 is 0 Å². The molecule has 1 saturated heterocycles. The molecule has 2 heterocycles. The highest BCUT2D eigenvalue weighted by molar-refractivity contribution is 9.10. The number of halogens is 1. The number of aliphatic hydroxyl groups is 1. The molecule has 0 aliphatic carbocycles. The summed E-state index contributed by atoms with van der Waals surface area (Å²) < 4.78 is 0.851. The summed E-state index contributed by atoms with van der Waals surface area (Å²) >= 11 is 3.28. The van der Waals surface area contributed by atoms with Crippen LogP contribution in [0.1, 0.15) is 23.3 Å². The van der Waals surface area contributed by atoms with Crippen LogP contribution in [0.25, 0.3) is 0 Å². The van der Waals surface area contributed by atoms with Gasteiger partial charge in [0.05, 0.1) is 12.6 Å². The van der Waals surface area contributed by atoms with E-state index in [0.29, 0.717) is 12.2 Å². The normalized spacial score (nSPS) is 20.1. The molecule has 0 saturated carbocycles. The topological polar surface area (TPSA) is 53.4 Å². The van der Waals surface area contributed by atoms with Crippen molar-refractivity contribution >= 4 is 21.8 Å². The lowest BCUT2D eigenvalue weighted by molar-refractivity contribution is 0.0671. The molecule has 5 heteroatoms. The van der Waals surface area contributed by atoms with E-state index in [1.165, 1.54) is 0 Å². The number of aliphatic hydroxyl groups excluding tert-OH is 1. The second-order valence-corrected chi connectivity index (χ2v) is 4.75. The number of aromatic nitrogens is 1. The van der Waals surface area contributed by atoms with Crippen molar-refractivity contribution in [3.8, 4) is 0 Å².